The quantitative estimate of drug-likeness (QED) is 0.666. The molecule has 1 N–H and O–H groups in total. The average Bonchev–Trinajstić information content (AvgIpc) is 3.52. The van der Waals surface area contributed by atoms with Crippen LogP contribution in [0.2, 0.25) is 0 Å². The largest absolute Gasteiger partial charge is 0.450 e. The lowest BCUT2D eigenvalue weighted by Crippen LogP contribution is -2.58. The van der Waals surface area contributed by atoms with Crippen molar-refractivity contribution in [3.63, 3.8) is 0 Å². The molecule has 6 aliphatic heterocycles. The van der Waals surface area contributed by atoms with Gasteiger partial charge < -0.3 is 14.8 Å². The molecule has 8 aliphatic rings. The molecule has 0 amide bonds. The molecule has 8 atom stereocenters. The fraction of sp³-hybridized carbons (Fsp3) is 0.750. The molecule has 7 nitrogen and oxygen atoms in total. The van der Waals surface area contributed by atoms with E-state index < -0.39 is 0 Å². The molecule has 4 saturated heterocycles. The second kappa shape index (κ2) is 5.61. The van der Waals surface area contributed by atoms with Gasteiger partial charge in [-0.05, 0) is 62.8 Å². The molecule has 0 unspecified atom stereocenters. The molecule has 4 bridgehead atoms. The molecular formula is C24H29N3O4. The van der Waals surface area contributed by atoms with E-state index in [-0.39, 0.29) is 23.1 Å². The van der Waals surface area contributed by atoms with Crippen LogP contribution >= 0.6 is 0 Å². The van der Waals surface area contributed by atoms with Gasteiger partial charge in [0.25, 0.3) is 0 Å². The predicted octanol–water partition coefficient (Wildman–Crippen LogP) is 1.04. The summed E-state index contributed by atoms with van der Waals surface area (Å²) in [6.45, 7) is 2.22. The van der Waals surface area contributed by atoms with E-state index in [4.69, 9.17) is 9.47 Å². The van der Waals surface area contributed by atoms with Crippen LogP contribution in [0, 0.1) is 0 Å². The van der Waals surface area contributed by atoms with Gasteiger partial charge in [-0.3, -0.25) is 9.80 Å². The SMILES string of the molecule is O=C1C=C2C[C@H](N[C@@H]3CC4=CC(=O)O[C@@]45C[C@@H]3N3CCC[C@@H]35)[C@@H]3C[C@@]2(O1)[C@H]1CCCN31. The van der Waals surface area contributed by atoms with Crippen molar-refractivity contribution in [3.8, 4) is 0 Å². The maximum absolute atomic E-state index is 12.3. The Bertz CT molecular complexity index is 900. The Balaban J connectivity index is 1.13. The van der Waals surface area contributed by atoms with E-state index in [1.54, 1.807) is 12.2 Å². The molecule has 6 heterocycles. The fourth-order valence-electron chi connectivity index (χ4n) is 9.06. The number of nitrogens with one attached hydrogen (secondary N) is 1. The van der Waals surface area contributed by atoms with Crippen molar-refractivity contribution < 1.29 is 19.1 Å². The number of hydrogen-bond donors (Lipinski definition) is 1. The van der Waals surface area contributed by atoms with Crippen LogP contribution in [0.15, 0.2) is 23.3 Å². The highest BCUT2D eigenvalue weighted by Crippen LogP contribution is 2.57. The van der Waals surface area contributed by atoms with Crippen molar-refractivity contribution in [2.45, 2.75) is 98.8 Å². The van der Waals surface area contributed by atoms with Crippen LogP contribution < -0.4 is 5.32 Å². The van der Waals surface area contributed by atoms with E-state index >= 15 is 0 Å². The van der Waals surface area contributed by atoms with E-state index in [0.29, 0.717) is 36.3 Å². The third-order valence-corrected chi connectivity index (χ3v) is 10.0. The van der Waals surface area contributed by atoms with Gasteiger partial charge in [0.05, 0.1) is 12.1 Å². The number of carbonyl (C=O) groups is 2. The minimum Gasteiger partial charge on any atom is -0.450 e. The number of ether oxygens (including phenoxy) is 2. The Morgan fingerprint density at radius 1 is 0.806 bits per heavy atom. The third kappa shape index (κ3) is 2.03. The summed E-state index contributed by atoms with van der Waals surface area (Å²) in [4.78, 5) is 29.8. The van der Waals surface area contributed by atoms with E-state index in [2.05, 4.69) is 15.1 Å². The molecule has 7 heteroatoms. The van der Waals surface area contributed by atoms with Gasteiger partial charge in [0.1, 0.15) is 0 Å². The molecule has 2 spiro atoms. The number of nitrogens with zero attached hydrogens (tertiary/aromatic N) is 2. The maximum Gasteiger partial charge on any atom is 0.331 e. The molecule has 31 heavy (non-hydrogen) atoms. The van der Waals surface area contributed by atoms with Gasteiger partial charge >= 0.3 is 11.9 Å². The fourth-order valence-corrected chi connectivity index (χ4v) is 9.06. The Morgan fingerprint density at radius 2 is 1.29 bits per heavy atom. The van der Waals surface area contributed by atoms with Crippen LogP contribution in [-0.4, -0.2) is 82.3 Å². The number of rotatable bonds is 2. The number of fused-ring (bicyclic) bond motifs is 6. The minimum absolute atomic E-state index is 0.145. The molecule has 0 aromatic carbocycles. The maximum atomic E-state index is 12.3. The molecule has 0 aromatic heterocycles. The van der Waals surface area contributed by atoms with Gasteiger partial charge in [-0.15, -0.1) is 0 Å². The first-order chi connectivity index (χ1) is 15.1. The summed E-state index contributed by atoms with van der Waals surface area (Å²) in [6, 6.07) is 2.23. The summed E-state index contributed by atoms with van der Waals surface area (Å²) in [5, 5.41) is 4.09. The van der Waals surface area contributed by atoms with Gasteiger partial charge in [-0.2, -0.15) is 0 Å². The van der Waals surface area contributed by atoms with Crippen LogP contribution in [0.3, 0.4) is 0 Å². The number of carbonyl (C=O) groups excluding carboxylic acids is 2. The Labute approximate surface area is 181 Å². The van der Waals surface area contributed by atoms with Crippen LogP contribution in [-0.2, 0) is 19.1 Å². The van der Waals surface area contributed by atoms with Crippen molar-refractivity contribution >= 4 is 11.9 Å². The molecule has 0 aromatic rings. The van der Waals surface area contributed by atoms with Gasteiger partial charge in [0.2, 0.25) is 0 Å². The summed E-state index contributed by atoms with van der Waals surface area (Å²) in [6.07, 6.45) is 11.9. The third-order valence-electron chi connectivity index (χ3n) is 10.0. The number of hydrogen-bond acceptors (Lipinski definition) is 7. The highest BCUT2D eigenvalue weighted by atomic mass is 16.6. The van der Waals surface area contributed by atoms with E-state index in [1.807, 2.05) is 0 Å². The normalized spacial score (nSPS) is 51.7. The molecule has 2 saturated carbocycles. The summed E-state index contributed by atoms with van der Waals surface area (Å²) in [5.41, 5.74) is 1.74. The van der Waals surface area contributed by atoms with E-state index in [9.17, 15) is 9.59 Å². The minimum atomic E-state index is -0.347. The standard InChI is InChI=1S/C24H29N3O4/c28-21-9-13-7-15(17-11-23(13,30-21)19-3-1-5-26(17)19)25-16-8-14-10-22(29)31-24(14)12-18(16)27-6-2-4-20(24)27/h9-10,15-20,25H,1-8,11-12H2/t15-,16+,17-,18-,19+,20+,23-,24-/m0/s1. The Hall–Kier alpha value is -1.70. The topological polar surface area (TPSA) is 71.1 Å². The summed E-state index contributed by atoms with van der Waals surface area (Å²) in [7, 11) is 0. The lowest BCUT2D eigenvalue weighted by atomic mass is 9.73. The lowest BCUT2D eigenvalue weighted by molar-refractivity contribution is -0.148. The molecule has 0 radical (unpaired) electrons. The highest BCUT2D eigenvalue weighted by Gasteiger charge is 2.67. The summed E-state index contributed by atoms with van der Waals surface area (Å²) in [5.74, 6) is -0.291. The smallest absolute Gasteiger partial charge is 0.331 e. The lowest BCUT2D eigenvalue weighted by Gasteiger charge is -2.42. The summed E-state index contributed by atoms with van der Waals surface area (Å²) >= 11 is 0. The van der Waals surface area contributed by atoms with Crippen molar-refractivity contribution in [1.82, 2.24) is 15.1 Å². The Kier molecular flexibility index (Phi) is 3.22. The van der Waals surface area contributed by atoms with Gasteiger partial charge in [0, 0.05) is 49.2 Å². The highest BCUT2D eigenvalue weighted by molar-refractivity contribution is 5.88. The summed E-state index contributed by atoms with van der Waals surface area (Å²) < 4.78 is 12.0. The van der Waals surface area contributed by atoms with Gasteiger partial charge in [-0.25, -0.2) is 9.59 Å². The van der Waals surface area contributed by atoms with Crippen LogP contribution in [0.5, 0.6) is 0 Å². The van der Waals surface area contributed by atoms with Crippen LogP contribution in [0.25, 0.3) is 0 Å². The van der Waals surface area contributed by atoms with Gasteiger partial charge in [0.15, 0.2) is 11.2 Å². The van der Waals surface area contributed by atoms with Crippen LogP contribution in [0.1, 0.15) is 51.4 Å². The van der Waals surface area contributed by atoms with Crippen molar-refractivity contribution in [1.29, 1.82) is 0 Å². The molecular weight excluding hydrogens is 394 g/mol. The first-order valence-corrected chi connectivity index (χ1v) is 12.2. The van der Waals surface area contributed by atoms with Crippen molar-refractivity contribution in [3.05, 3.63) is 23.3 Å². The van der Waals surface area contributed by atoms with Crippen molar-refractivity contribution in [2.24, 2.45) is 0 Å². The number of esters is 2. The monoisotopic (exact) mass is 423 g/mol. The van der Waals surface area contributed by atoms with E-state index in [0.717, 1.165) is 51.6 Å². The molecule has 8 rings (SSSR count). The van der Waals surface area contributed by atoms with E-state index in [1.165, 1.54) is 24.0 Å². The zero-order valence-corrected chi connectivity index (χ0v) is 17.7. The average molecular weight is 424 g/mol. The first-order valence-electron chi connectivity index (χ1n) is 12.2. The first kappa shape index (κ1) is 17.8. The molecule has 2 aliphatic carbocycles. The molecule has 6 fully saturated rings. The predicted molar refractivity (Wildman–Crippen MR) is 110 cm³/mol. The molecule has 164 valence electrons. The van der Waals surface area contributed by atoms with Crippen molar-refractivity contribution in [2.75, 3.05) is 13.1 Å². The zero-order valence-electron chi connectivity index (χ0n) is 17.7. The zero-order chi connectivity index (χ0) is 20.5. The second-order valence-corrected chi connectivity index (χ2v) is 11.1. The second-order valence-electron chi connectivity index (χ2n) is 11.1. The Morgan fingerprint density at radius 3 is 1.77 bits per heavy atom. The van der Waals surface area contributed by atoms with Crippen LogP contribution in [0.4, 0.5) is 0 Å². The van der Waals surface area contributed by atoms with Gasteiger partial charge in [-0.1, -0.05) is 0 Å².